The fourth-order valence-corrected chi connectivity index (χ4v) is 5.43. The average Bonchev–Trinajstić information content (AvgIpc) is 2.94. The van der Waals surface area contributed by atoms with E-state index in [1.54, 1.807) is 28.1 Å². The number of benzene rings is 1. The number of carbonyl (C=O) groups excluding carboxylic acids is 4. The molecule has 1 atom stereocenters. The van der Waals surface area contributed by atoms with Crippen LogP contribution in [0.1, 0.15) is 67.4 Å². The molecule has 0 radical (unpaired) electrons. The number of pyridine rings is 1. The van der Waals surface area contributed by atoms with E-state index in [1.807, 2.05) is 24.3 Å². The first-order valence-electron chi connectivity index (χ1n) is 13.9. The molecular formula is C30H39N5O4. The number of aryl methyl sites for hydroxylation is 1. The van der Waals surface area contributed by atoms with E-state index in [-0.39, 0.29) is 49.7 Å². The molecule has 9 nitrogen and oxygen atoms in total. The summed E-state index contributed by atoms with van der Waals surface area (Å²) in [6.07, 6.45) is 6.60. The van der Waals surface area contributed by atoms with Crippen LogP contribution in [0.15, 0.2) is 48.8 Å². The first-order chi connectivity index (χ1) is 18.8. The molecule has 1 aliphatic carbocycles. The lowest BCUT2D eigenvalue weighted by Gasteiger charge is -2.39. The number of carbonyl (C=O) groups is 4. The zero-order chi connectivity index (χ0) is 27.8. The maximum Gasteiger partial charge on any atom is 0.255 e. The van der Waals surface area contributed by atoms with Gasteiger partial charge in [-0.15, -0.1) is 0 Å². The predicted octanol–water partition coefficient (Wildman–Crippen LogP) is 2.66. The van der Waals surface area contributed by atoms with Crippen LogP contribution in [0.25, 0.3) is 0 Å². The zero-order valence-corrected chi connectivity index (χ0v) is 22.9. The van der Waals surface area contributed by atoms with Crippen molar-refractivity contribution < 1.29 is 19.2 Å². The highest BCUT2D eigenvalue weighted by Crippen LogP contribution is 2.35. The monoisotopic (exact) mass is 533 g/mol. The molecule has 39 heavy (non-hydrogen) atoms. The van der Waals surface area contributed by atoms with Crippen LogP contribution in [0.4, 0.5) is 0 Å². The maximum absolute atomic E-state index is 13.9. The summed E-state index contributed by atoms with van der Waals surface area (Å²) in [6.45, 7) is 5.35. The molecule has 4 amide bonds. The SMILES string of the molecule is CC(C)CCN1CC(=O)NC2(CCCc3ccccc32)C(=O)NCCN(C(=O)c2cccnc2)CCCC1=O. The van der Waals surface area contributed by atoms with Crippen molar-refractivity contribution in [2.45, 2.75) is 57.9 Å². The van der Waals surface area contributed by atoms with Crippen molar-refractivity contribution in [3.05, 3.63) is 65.5 Å². The summed E-state index contributed by atoms with van der Waals surface area (Å²) in [5.74, 6) is -0.596. The summed E-state index contributed by atoms with van der Waals surface area (Å²) in [7, 11) is 0. The highest BCUT2D eigenvalue weighted by molar-refractivity contribution is 5.95. The predicted molar refractivity (Wildman–Crippen MR) is 148 cm³/mol. The van der Waals surface area contributed by atoms with Crippen LogP contribution in [0.3, 0.4) is 0 Å². The number of fused-ring (bicyclic) bond motifs is 2. The molecule has 1 aromatic heterocycles. The minimum absolute atomic E-state index is 0.110. The Morgan fingerprint density at radius 2 is 1.87 bits per heavy atom. The summed E-state index contributed by atoms with van der Waals surface area (Å²) in [5, 5.41) is 6.07. The van der Waals surface area contributed by atoms with E-state index in [2.05, 4.69) is 29.5 Å². The fraction of sp³-hybridized carbons (Fsp3) is 0.500. The van der Waals surface area contributed by atoms with Crippen molar-refractivity contribution in [1.29, 1.82) is 0 Å². The van der Waals surface area contributed by atoms with Crippen LogP contribution in [0.2, 0.25) is 0 Å². The molecule has 1 saturated heterocycles. The van der Waals surface area contributed by atoms with Gasteiger partial charge >= 0.3 is 0 Å². The summed E-state index contributed by atoms with van der Waals surface area (Å²) in [5.41, 5.74) is 1.04. The summed E-state index contributed by atoms with van der Waals surface area (Å²) < 4.78 is 0. The van der Waals surface area contributed by atoms with Crippen molar-refractivity contribution in [3.8, 4) is 0 Å². The van der Waals surface area contributed by atoms with Gasteiger partial charge in [-0.05, 0) is 61.3 Å². The molecule has 2 heterocycles. The van der Waals surface area contributed by atoms with Gasteiger partial charge in [0.1, 0.15) is 5.54 Å². The molecule has 2 aliphatic rings. The van der Waals surface area contributed by atoms with Gasteiger partial charge in [0.2, 0.25) is 11.8 Å². The molecule has 2 N–H and O–H groups in total. The third-order valence-electron chi connectivity index (χ3n) is 7.56. The average molecular weight is 534 g/mol. The number of aromatic nitrogens is 1. The number of rotatable bonds is 4. The highest BCUT2D eigenvalue weighted by Gasteiger charge is 2.44. The third-order valence-corrected chi connectivity index (χ3v) is 7.56. The Morgan fingerprint density at radius 1 is 1.05 bits per heavy atom. The number of hydrogen-bond donors (Lipinski definition) is 2. The van der Waals surface area contributed by atoms with E-state index in [4.69, 9.17) is 0 Å². The van der Waals surface area contributed by atoms with Gasteiger partial charge in [-0.25, -0.2) is 0 Å². The summed E-state index contributed by atoms with van der Waals surface area (Å²) >= 11 is 0. The van der Waals surface area contributed by atoms with E-state index in [9.17, 15) is 19.2 Å². The smallest absolute Gasteiger partial charge is 0.255 e. The Morgan fingerprint density at radius 3 is 2.64 bits per heavy atom. The maximum atomic E-state index is 13.9. The van der Waals surface area contributed by atoms with Gasteiger partial charge in [-0.3, -0.25) is 24.2 Å². The van der Waals surface area contributed by atoms with Crippen molar-refractivity contribution in [3.63, 3.8) is 0 Å². The second-order valence-electron chi connectivity index (χ2n) is 10.9. The van der Waals surface area contributed by atoms with E-state index >= 15 is 0 Å². The molecular weight excluding hydrogens is 494 g/mol. The molecule has 1 aromatic carbocycles. The Balaban J connectivity index is 1.64. The normalized spacial score (nSPS) is 21.3. The van der Waals surface area contributed by atoms with Gasteiger partial charge in [0.05, 0.1) is 12.1 Å². The topological polar surface area (TPSA) is 112 Å². The van der Waals surface area contributed by atoms with Gasteiger partial charge in [0.25, 0.3) is 11.8 Å². The van der Waals surface area contributed by atoms with Gasteiger partial charge in [0, 0.05) is 45.0 Å². The van der Waals surface area contributed by atoms with Crippen molar-refractivity contribution in [1.82, 2.24) is 25.4 Å². The number of hydrogen-bond acceptors (Lipinski definition) is 5. The highest BCUT2D eigenvalue weighted by atomic mass is 16.2. The van der Waals surface area contributed by atoms with E-state index in [1.165, 1.54) is 6.20 Å². The molecule has 1 unspecified atom stereocenters. The van der Waals surface area contributed by atoms with E-state index in [0.29, 0.717) is 37.4 Å². The Labute approximate surface area is 230 Å². The van der Waals surface area contributed by atoms with Crippen LogP contribution in [-0.2, 0) is 26.3 Å². The summed E-state index contributed by atoms with van der Waals surface area (Å²) in [4.78, 5) is 61.1. The minimum Gasteiger partial charge on any atom is -0.352 e. The van der Waals surface area contributed by atoms with Crippen LogP contribution in [-0.4, -0.2) is 71.1 Å². The number of amides is 4. The van der Waals surface area contributed by atoms with Crippen molar-refractivity contribution in [2.24, 2.45) is 5.92 Å². The van der Waals surface area contributed by atoms with Crippen LogP contribution < -0.4 is 10.6 Å². The van der Waals surface area contributed by atoms with Gasteiger partial charge in [-0.2, -0.15) is 0 Å². The molecule has 1 spiro atoms. The first-order valence-corrected chi connectivity index (χ1v) is 13.9. The van der Waals surface area contributed by atoms with Gasteiger partial charge in [0.15, 0.2) is 0 Å². The van der Waals surface area contributed by atoms with Crippen molar-refractivity contribution >= 4 is 23.6 Å². The molecule has 0 saturated carbocycles. The standard InChI is InChI=1S/C30H39N5O4/c1-22(2)13-18-35-21-26(36)33-30(14-5-9-23-8-3-4-11-25(23)30)29(39)32-16-19-34(17-7-12-27(35)37)28(38)24-10-6-15-31-20-24/h3-4,6,8,10-11,15,20,22H,5,7,9,12-14,16-19,21H2,1-2H3,(H,32,39)(H,33,36). The van der Waals surface area contributed by atoms with Crippen LogP contribution >= 0.6 is 0 Å². The van der Waals surface area contributed by atoms with Crippen LogP contribution in [0.5, 0.6) is 0 Å². The van der Waals surface area contributed by atoms with E-state index in [0.717, 1.165) is 30.4 Å². The molecule has 0 bridgehead atoms. The Bertz CT molecular complexity index is 1180. The molecule has 1 fully saturated rings. The van der Waals surface area contributed by atoms with Crippen LogP contribution in [0, 0.1) is 5.92 Å². The lowest BCUT2D eigenvalue weighted by molar-refractivity contribution is -0.139. The third kappa shape index (κ3) is 6.82. The molecule has 208 valence electrons. The first kappa shape index (κ1) is 28.3. The van der Waals surface area contributed by atoms with E-state index < -0.39 is 5.54 Å². The van der Waals surface area contributed by atoms with Crippen molar-refractivity contribution in [2.75, 3.05) is 32.7 Å². The molecule has 1 aliphatic heterocycles. The molecule has 9 heteroatoms. The van der Waals surface area contributed by atoms with Gasteiger partial charge in [-0.1, -0.05) is 38.1 Å². The fourth-order valence-electron chi connectivity index (χ4n) is 5.43. The van der Waals surface area contributed by atoms with Gasteiger partial charge < -0.3 is 20.4 Å². The lowest BCUT2D eigenvalue weighted by Crippen LogP contribution is -2.60. The Kier molecular flexibility index (Phi) is 9.32. The molecule has 2 aromatic rings. The largest absolute Gasteiger partial charge is 0.352 e. The number of nitrogens with zero attached hydrogens (tertiary/aromatic N) is 3. The second-order valence-corrected chi connectivity index (χ2v) is 10.9. The summed E-state index contributed by atoms with van der Waals surface area (Å²) in [6, 6.07) is 11.1. The second kappa shape index (κ2) is 12.9. The number of nitrogens with one attached hydrogen (secondary N) is 2. The molecule has 4 rings (SSSR count). The minimum atomic E-state index is -1.24. The Hall–Kier alpha value is -3.75. The zero-order valence-electron chi connectivity index (χ0n) is 22.9. The lowest BCUT2D eigenvalue weighted by atomic mass is 9.75. The quantitative estimate of drug-likeness (QED) is 0.628.